The average molecular weight is 811 g/mol. The summed E-state index contributed by atoms with van der Waals surface area (Å²) in [5, 5.41) is 6.84. The normalized spacial score (nSPS) is 19.4. The Kier molecular flexibility index (Phi) is 10.7. The Bertz CT molecular complexity index is 1780. The number of methoxy groups -OCH3 is 4. The van der Waals surface area contributed by atoms with Gasteiger partial charge in [-0.3, -0.25) is 10.6 Å². The smallest absolute Gasteiger partial charge is 0.419 e. The van der Waals surface area contributed by atoms with Crippen LogP contribution in [0.15, 0.2) is 81.7 Å². The fourth-order valence-corrected chi connectivity index (χ4v) is 7.73. The van der Waals surface area contributed by atoms with Crippen molar-refractivity contribution < 1.29 is 38.0 Å². The lowest BCUT2D eigenvalue weighted by Gasteiger charge is -2.41. The van der Waals surface area contributed by atoms with Crippen LogP contribution in [0.5, 0.6) is 23.0 Å². The van der Waals surface area contributed by atoms with Crippen molar-refractivity contribution in [2.24, 2.45) is 0 Å². The summed E-state index contributed by atoms with van der Waals surface area (Å²) in [5.41, 5.74) is 1.97. The summed E-state index contributed by atoms with van der Waals surface area (Å²) in [5.74, 6) is -0.269. The number of halogens is 2. The third-order valence-electron chi connectivity index (χ3n) is 9.08. The van der Waals surface area contributed by atoms with Crippen molar-refractivity contribution in [3.05, 3.63) is 115 Å². The predicted octanol–water partition coefficient (Wildman–Crippen LogP) is 6.12. The second-order valence-corrected chi connectivity index (χ2v) is 14.0. The molecule has 12 heteroatoms. The van der Waals surface area contributed by atoms with E-state index in [4.69, 9.17) is 28.4 Å². The second-order valence-electron chi connectivity index (χ2n) is 12.1. The van der Waals surface area contributed by atoms with Crippen molar-refractivity contribution in [2.45, 2.75) is 37.1 Å². The van der Waals surface area contributed by atoms with Gasteiger partial charge in [0, 0.05) is 46.0 Å². The van der Waals surface area contributed by atoms with Gasteiger partial charge in [0.05, 0.1) is 28.4 Å². The fraction of sp³-hybridized carbons (Fsp3) is 0.316. The number of hydrogen-bond donors (Lipinski definition) is 2. The average Bonchev–Trinajstić information content (AvgIpc) is 3.10. The molecule has 262 valence electrons. The maximum atomic E-state index is 14.1. The number of esters is 2. The van der Waals surface area contributed by atoms with Crippen LogP contribution in [0.3, 0.4) is 0 Å². The van der Waals surface area contributed by atoms with Gasteiger partial charge in [0.2, 0.25) is 0 Å². The van der Waals surface area contributed by atoms with E-state index in [1.165, 1.54) is 0 Å². The van der Waals surface area contributed by atoms with Crippen molar-refractivity contribution in [3.63, 3.8) is 0 Å². The summed E-state index contributed by atoms with van der Waals surface area (Å²) in [6, 6.07) is 22.8. The summed E-state index contributed by atoms with van der Waals surface area (Å²) < 4.78 is 36.7. The Morgan fingerprint density at radius 2 is 0.980 bits per heavy atom. The summed E-state index contributed by atoms with van der Waals surface area (Å²) in [4.78, 5) is 28.3. The summed E-state index contributed by atoms with van der Waals surface area (Å²) in [7, 11) is 6.24. The van der Waals surface area contributed by atoms with E-state index in [-0.39, 0.29) is 12.8 Å². The van der Waals surface area contributed by atoms with Gasteiger partial charge in [-0.2, -0.15) is 0 Å². The Morgan fingerprint density at radius 1 is 0.600 bits per heavy atom. The first-order chi connectivity index (χ1) is 24.1. The number of benzene rings is 4. The number of hydrogen-bond acceptors (Lipinski definition) is 10. The van der Waals surface area contributed by atoms with E-state index in [1.807, 2.05) is 60.7 Å². The van der Waals surface area contributed by atoms with E-state index >= 15 is 0 Å². The topological polar surface area (TPSA) is 114 Å². The lowest BCUT2D eigenvalue weighted by Crippen LogP contribution is -2.55. The monoisotopic (exact) mass is 808 g/mol. The molecule has 6 rings (SSSR count). The van der Waals surface area contributed by atoms with Crippen LogP contribution in [0.4, 0.5) is 0 Å². The fourth-order valence-electron chi connectivity index (χ4n) is 6.83. The largest absolute Gasteiger partial charge is 0.493 e. The first kappa shape index (κ1) is 35.7. The van der Waals surface area contributed by atoms with Crippen LogP contribution in [-0.4, -0.2) is 53.5 Å². The SMILES string of the molecule is COc1cc2c(cc1OC)C(Cc1cccc(Br)c1)(OC(=O)C(=O)OC1(Cc3cccc(Br)c3)NCCc3cc(OC)c(OC)cc31)NCC2. The van der Waals surface area contributed by atoms with Crippen LogP contribution in [0, 0.1) is 0 Å². The Hall–Kier alpha value is -4.10. The van der Waals surface area contributed by atoms with Gasteiger partial charge in [0.15, 0.2) is 34.4 Å². The Labute approximate surface area is 308 Å². The van der Waals surface area contributed by atoms with Crippen LogP contribution >= 0.6 is 31.9 Å². The summed E-state index contributed by atoms with van der Waals surface area (Å²) in [6.07, 6.45) is 1.71. The van der Waals surface area contributed by atoms with Crippen molar-refractivity contribution in [1.82, 2.24) is 10.6 Å². The molecular weight excluding hydrogens is 772 g/mol. The predicted molar refractivity (Wildman–Crippen MR) is 194 cm³/mol. The zero-order valence-corrected chi connectivity index (χ0v) is 31.4. The second kappa shape index (κ2) is 15.0. The lowest BCUT2D eigenvalue weighted by molar-refractivity contribution is -0.193. The molecule has 2 aliphatic heterocycles. The van der Waals surface area contributed by atoms with E-state index in [0.717, 1.165) is 31.2 Å². The van der Waals surface area contributed by atoms with Crippen molar-refractivity contribution in [2.75, 3.05) is 41.5 Å². The minimum Gasteiger partial charge on any atom is -0.493 e. The molecule has 2 N–H and O–H groups in total. The molecule has 0 radical (unpaired) electrons. The highest BCUT2D eigenvalue weighted by atomic mass is 79.9. The van der Waals surface area contributed by atoms with E-state index in [2.05, 4.69) is 42.5 Å². The molecule has 0 saturated carbocycles. The van der Waals surface area contributed by atoms with Gasteiger partial charge in [-0.05, 0) is 83.6 Å². The molecule has 50 heavy (non-hydrogen) atoms. The highest BCUT2D eigenvalue weighted by Crippen LogP contribution is 2.42. The number of fused-ring (bicyclic) bond motifs is 2. The maximum Gasteiger partial charge on any atom is 0.419 e. The molecule has 2 heterocycles. The first-order valence-corrected chi connectivity index (χ1v) is 17.7. The molecule has 0 bridgehead atoms. The third kappa shape index (κ3) is 7.20. The van der Waals surface area contributed by atoms with Gasteiger partial charge in [0.25, 0.3) is 0 Å². The minimum absolute atomic E-state index is 0.217. The van der Waals surface area contributed by atoms with Gasteiger partial charge in [-0.1, -0.05) is 56.1 Å². The van der Waals surface area contributed by atoms with Crippen molar-refractivity contribution >= 4 is 43.8 Å². The van der Waals surface area contributed by atoms with Crippen molar-refractivity contribution in [1.29, 1.82) is 0 Å². The minimum atomic E-state index is -1.43. The number of nitrogens with one attached hydrogen (secondary N) is 2. The van der Waals surface area contributed by atoms with Crippen LogP contribution in [0.25, 0.3) is 0 Å². The van der Waals surface area contributed by atoms with E-state index in [9.17, 15) is 9.59 Å². The van der Waals surface area contributed by atoms with Crippen LogP contribution in [-0.2, 0) is 56.2 Å². The molecule has 4 aromatic rings. The quantitative estimate of drug-likeness (QED) is 0.144. The molecule has 0 spiro atoms. The van der Waals surface area contributed by atoms with Gasteiger partial charge in [-0.25, -0.2) is 9.59 Å². The summed E-state index contributed by atoms with van der Waals surface area (Å²) in [6.45, 7) is 0.949. The number of carbonyl (C=O) groups is 2. The molecule has 0 amide bonds. The Balaban J connectivity index is 1.40. The molecular formula is C38H38Br2N2O8. The van der Waals surface area contributed by atoms with Gasteiger partial charge in [0.1, 0.15) is 0 Å². The van der Waals surface area contributed by atoms with Gasteiger partial charge >= 0.3 is 11.9 Å². The molecule has 0 saturated heterocycles. The summed E-state index contributed by atoms with van der Waals surface area (Å²) >= 11 is 7.10. The van der Waals surface area contributed by atoms with Gasteiger partial charge in [-0.15, -0.1) is 0 Å². The molecule has 2 unspecified atom stereocenters. The molecule has 2 aliphatic rings. The highest BCUT2D eigenvalue weighted by molar-refractivity contribution is 9.10. The zero-order chi connectivity index (χ0) is 35.5. The number of ether oxygens (including phenoxy) is 6. The molecule has 2 atom stereocenters. The Morgan fingerprint density at radius 3 is 1.34 bits per heavy atom. The van der Waals surface area contributed by atoms with Gasteiger partial charge < -0.3 is 28.4 Å². The number of rotatable bonds is 10. The molecule has 4 aromatic carbocycles. The number of carbonyl (C=O) groups excluding carboxylic acids is 2. The van der Waals surface area contributed by atoms with Crippen LogP contribution in [0.1, 0.15) is 33.4 Å². The molecule has 0 aromatic heterocycles. The zero-order valence-electron chi connectivity index (χ0n) is 28.2. The standard InChI is InChI=1S/C38H38Br2N2O8/c1-45-31-17-25-11-13-41-37(29(25)19-33(31)47-3,21-23-7-5-9-27(39)15-23)49-35(43)36(44)50-38(22-24-8-6-10-28(40)16-24)30-20-34(48-4)32(46-2)18-26(30)12-14-42-38/h5-10,15-20,41-42H,11-14,21-22H2,1-4H3. The van der Waals surface area contributed by atoms with E-state index < -0.39 is 23.4 Å². The molecule has 0 fully saturated rings. The maximum absolute atomic E-state index is 14.1. The first-order valence-electron chi connectivity index (χ1n) is 16.1. The van der Waals surface area contributed by atoms with Crippen molar-refractivity contribution in [3.8, 4) is 23.0 Å². The van der Waals surface area contributed by atoms with Crippen LogP contribution < -0.4 is 29.6 Å². The highest BCUT2D eigenvalue weighted by Gasteiger charge is 2.47. The van der Waals surface area contributed by atoms with E-state index in [1.54, 1.807) is 40.6 Å². The van der Waals surface area contributed by atoms with Crippen LogP contribution in [0.2, 0.25) is 0 Å². The molecule has 0 aliphatic carbocycles. The third-order valence-corrected chi connectivity index (χ3v) is 10.1. The lowest BCUT2D eigenvalue weighted by atomic mass is 9.86. The van der Waals surface area contributed by atoms with E-state index in [0.29, 0.717) is 60.1 Å². The molecule has 10 nitrogen and oxygen atoms in total.